The zero-order chi connectivity index (χ0) is 3.58. The van der Waals surface area contributed by atoms with Crippen molar-refractivity contribution >= 4 is 22.9 Å². The molecule has 0 fully saturated rings. The summed E-state index contributed by atoms with van der Waals surface area (Å²) in [5, 5.41) is 0. The summed E-state index contributed by atoms with van der Waals surface area (Å²) in [6, 6.07) is 0. The molecule has 0 aromatic rings. The lowest BCUT2D eigenvalue weighted by molar-refractivity contribution is -0.115. The van der Waals surface area contributed by atoms with Gasteiger partial charge in [-0.25, -0.2) is 0 Å². The van der Waals surface area contributed by atoms with E-state index in [1.807, 2.05) is 0 Å². The van der Waals surface area contributed by atoms with Gasteiger partial charge in [-0.05, 0) is 0 Å². The highest BCUT2D eigenvalue weighted by Gasteiger charge is 1.61. The Hall–Kier alpha value is -0.0900. The number of hydrogen-bond acceptors (Lipinski definition) is 1. The summed E-state index contributed by atoms with van der Waals surface area (Å²) in [6.45, 7) is 1.31. The average molecular weight is 158 g/mol. The monoisotopic (exact) mass is 157 g/mol. The van der Waals surface area contributed by atoms with E-state index in [0.29, 0.717) is 0 Å². The molecule has 0 bridgehead atoms. The molecule has 4 N–H and O–H groups in total. The molecule has 0 radical (unpaired) electrons. The molecule has 6 heavy (non-hydrogen) atoms. The lowest BCUT2D eigenvalue weighted by Crippen LogP contribution is -2.01. The largest absolute Gasteiger partial charge is 0.412 e. The second-order valence-corrected chi connectivity index (χ2v) is 0.611. The van der Waals surface area contributed by atoms with Crippen LogP contribution in [-0.4, -0.2) is 11.4 Å². The Morgan fingerprint density at radius 1 is 1.67 bits per heavy atom. The lowest BCUT2D eigenvalue weighted by Gasteiger charge is -1.60. The Morgan fingerprint density at radius 3 is 1.67 bits per heavy atom. The van der Waals surface area contributed by atoms with Crippen molar-refractivity contribution in [2.75, 3.05) is 0 Å². The molecule has 0 aliphatic carbocycles. The van der Waals surface area contributed by atoms with Gasteiger partial charge in [-0.1, -0.05) is 0 Å². The quantitative estimate of drug-likeness (QED) is 0.494. The van der Waals surface area contributed by atoms with Gasteiger partial charge in [-0.3, -0.25) is 4.79 Å². The fourth-order valence-electron chi connectivity index (χ4n) is 0. The fraction of sp³-hybridized carbons (Fsp3) is 0.500. The molecule has 0 heterocycles. The van der Waals surface area contributed by atoms with Gasteiger partial charge < -0.3 is 11.2 Å². The second kappa shape index (κ2) is 8.86. The Morgan fingerprint density at radius 2 is 1.67 bits per heavy atom. The first-order valence-electron chi connectivity index (χ1n) is 0.993. The van der Waals surface area contributed by atoms with Gasteiger partial charge in [0.1, 0.15) is 0 Å². The Kier molecular flexibility index (Phi) is 24.9. The smallest absolute Gasteiger partial charge is 0.214 e. The Bertz CT molecular complexity index is 34.5. The third-order valence-corrected chi connectivity index (χ3v) is 0. The van der Waals surface area contributed by atoms with Gasteiger partial charge in [0, 0.05) is 6.92 Å². The zero-order valence-electron chi connectivity index (χ0n) is 3.39. The van der Waals surface area contributed by atoms with Gasteiger partial charge >= 0.3 is 0 Å². The molecule has 0 aromatic heterocycles. The number of rotatable bonds is 0. The number of amides is 1. The highest BCUT2D eigenvalue weighted by Crippen LogP contribution is 1.33. The van der Waals surface area contributed by atoms with Crippen LogP contribution < -0.4 is 5.73 Å². The van der Waals surface area contributed by atoms with Crippen molar-refractivity contribution in [3.05, 3.63) is 0 Å². The maximum atomic E-state index is 9.22. The molecule has 0 aliphatic heterocycles. The topological polar surface area (TPSA) is 74.6 Å². The normalized spacial score (nSPS) is 4.17. The summed E-state index contributed by atoms with van der Waals surface area (Å²) in [7, 11) is 0. The van der Waals surface area contributed by atoms with E-state index in [2.05, 4.69) is 5.73 Å². The van der Waals surface area contributed by atoms with E-state index in [0.717, 1.165) is 0 Å². The van der Waals surface area contributed by atoms with Crippen LogP contribution in [0.5, 0.6) is 0 Å². The SMILES string of the molecule is Br.CC(N)=O.O. The van der Waals surface area contributed by atoms with Gasteiger partial charge in [0.15, 0.2) is 0 Å². The number of carbonyl (C=O) groups is 1. The molecule has 0 spiro atoms. The molecule has 0 atom stereocenters. The molecule has 0 unspecified atom stereocenters. The molecule has 0 saturated carbocycles. The lowest BCUT2D eigenvalue weighted by atomic mass is 10.8. The summed E-state index contributed by atoms with van der Waals surface area (Å²) in [4.78, 5) is 9.22. The minimum atomic E-state index is -0.333. The first-order chi connectivity index (χ1) is 1.73. The van der Waals surface area contributed by atoms with Crippen LogP contribution in [0.1, 0.15) is 6.92 Å². The molecular formula is C2H8BrNO2. The standard InChI is InChI=1S/C2H5NO.BrH.H2O/c1-2(3)4;;/h1H3,(H2,3,4);1H;1H2. The maximum absolute atomic E-state index is 9.22. The minimum Gasteiger partial charge on any atom is -0.412 e. The summed E-state index contributed by atoms with van der Waals surface area (Å²) in [5.74, 6) is -0.333. The number of hydrogen-bond donors (Lipinski definition) is 1. The zero-order valence-corrected chi connectivity index (χ0v) is 5.11. The predicted molar refractivity (Wildman–Crippen MR) is 28.8 cm³/mol. The van der Waals surface area contributed by atoms with E-state index < -0.39 is 0 Å². The summed E-state index contributed by atoms with van der Waals surface area (Å²) in [5.41, 5.74) is 4.47. The third kappa shape index (κ3) is 4090. The van der Waals surface area contributed by atoms with E-state index >= 15 is 0 Å². The van der Waals surface area contributed by atoms with E-state index in [-0.39, 0.29) is 28.4 Å². The summed E-state index contributed by atoms with van der Waals surface area (Å²) in [6.07, 6.45) is 0. The number of carbonyl (C=O) groups excluding carboxylic acids is 1. The number of primary amides is 1. The minimum absolute atomic E-state index is 0. The van der Waals surface area contributed by atoms with E-state index in [9.17, 15) is 4.79 Å². The number of nitrogens with two attached hydrogens (primary N) is 1. The van der Waals surface area contributed by atoms with Crippen molar-refractivity contribution in [1.29, 1.82) is 0 Å². The molecule has 40 valence electrons. The van der Waals surface area contributed by atoms with Crippen molar-refractivity contribution in [3.63, 3.8) is 0 Å². The highest BCUT2D eigenvalue weighted by molar-refractivity contribution is 8.93. The van der Waals surface area contributed by atoms with E-state index in [4.69, 9.17) is 0 Å². The molecule has 0 rings (SSSR count). The van der Waals surface area contributed by atoms with Crippen molar-refractivity contribution in [3.8, 4) is 0 Å². The average Bonchev–Trinajstić information content (AvgIpc) is 0.811. The van der Waals surface area contributed by atoms with Gasteiger partial charge in [0.25, 0.3) is 0 Å². The van der Waals surface area contributed by atoms with E-state index in [1.54, 1.807) is 0 Å². The van der Waals surface area contributed by atoms with Crippen LogP contribution in [-0.2, 0) is 4.79 Å². The number of halogens is 1. The summed E-state index contributed by atoms with van der Waals surface area (Å²) >= 11 is 0. The van der Waals surface area contributed by atoms with Crippen LogP contribution in [0.15, 0.2) is 0 Å². The summed E-state index contributed by atoms with van der Waals surface area (Å²) < 4.78 is 0. The molecule has 0 aromatic carbocycles. The molecule has 4 heteroatoms. The molecular weight excluding hydrogens is 150 g/mol. The van der Waals surface area contributed by atoms with Crippen LogP contribution in [0.2, 0.25) is 0 Å². The molecule has 1 amide bonds. The second-order valence-electron chi connectivity index (χ2n) is 0.611. The van der Waals surface area contributed by atoms with Gasteiger partial charge in [-0.2, -0.15) is 0 Å². The fourth-order valence-corrected chi connectivity index (χ4v) is 0. The van der Waals surface area contributed by atoms with Gasteiger partial charge in [0.2, 0.25) is 5.91 Å². The van der Waals surface area contributed by atoms with Crippen LogP contribution in [0.4, 0.5) is 0 Å². The van der Waals surface area contributed by atoms with Crippen molar-refractivity contribution in [1.82, 2.24) is 0 Å². The third-order valence-electron chi connectivity index (χ3n) is 0. The predicted octanol–water partition coefficient (Wildman–Crippen LogP) is -0.755. The van der Waals surface area contributed by atoms with Gasteiger partial charge in [0.05, 0.1) is 0 Å². The van der Waals surface area contributed by atoms with Crippen LogP contribution in [0.25, 0.3) is 0 Å². The molecule has 0 saturated heterocycles. The van der Waals surface area contributed by atoms with Crippen LogP contribution >= 0.6 is 17.0 Å². The molecule has 0 aliphatic rings. The van der Waals surface area contributed by atoms with Crippen molar-refractivity contribution < 1.29 is 10.3 Å². The van der Waals surface area contributed by atoms with Crippen LogP contribution in [0.3, 0.4) is 0 Å². The first-order valence-corrected chi connectivity index (χ1v) is 0.993. The van der Waals surface area contributed by atoms with Crippen molar-refractivity contribution in [2.45, 2.75) is 6.92 Å². The maximum Gasteiger partial charge on any atom is 0.214 e. The Balaban J connectivity index is -0.0000000450. The van der Waals surface area contributed by atoms with Gasteiger partial charge in [-0.15, -0.1) is 17.0 Å². The van der Waals surface area contributed by atoms with E-state index in [1.165, 1.54) is 6.92 Å². The highest BCUT2D eigenvalue weighted by atomic mass is 79.9. The Labute approximate surface area is 46.6 Å². The molecule has 3 nitrogen and oxygen atoms in total. The van der Waals surface area contributed by atoms with Crippen molar-refractivity contribution in [2.24, 2.45) is 5.73 Å². The van der Waals surface area contributed by atoms with Crippen LogP contribution in [0, 0.1) is 0 Å². The first kappa shape index (κ1) is 16.8.